The van der Waals surface area contributed by atoms with Crippen LogP contribution in [0.15, 0.2) is 29.4 Å². The van der Waals surface area contributed by atoms with Crippen molar-refractivity contribution in [3.63, 3.8) is 0 Å². The van der Waals surface area contributed by atoms with Gasteiger partial charge in [0.2, 0.25) is 11.9 Å². The lowest BCUT2D eigenvalue weighted by Gasteiger charge is -2.28. The highest BCUT2D eigenvalue weighted by molar-refractivity contribution is 8.00. The summed E-state index contributed by atoms with van der Waals surface area (Å²) in [5.41, 5.74) is 2.31. The number of anilines is 1. The minimum absolute atomic E-state index is 0.0683. The molecule has 1 aromatic carbocycles. The average molecular weight is 402 g/mol. The molecule has 1 aliphatic carbocycles. The van der Waals surface area contributed by atoms with Crippen LogP contribution >= 0.6 is 11.8 Å². The van der Waals surface area contributed by atoms with Gasteiger partial charge in [0, 0.05) is 19.1 Å². The van der Waals surface area contributed by atoms with Gasteiger partial charge in [-0.2, -0.15) is 0 Å². The molecule has 1 aliphatic heterocycles. The number of nitrogens with one attached hydrogen (secondary N) is 1. The number of nitrogens with zero attached hydrogens (tertiary/aromatic N) is 4. The first-order chi connectivity index (χ1) is 13.7. The predicted molar refractivity (Wildman–Crippen MR) is 110 cm³/mol. The van der Waals surface area contributed by atoms with E-state index in [1.165, 1.54) is 17.3 Å². The van der Waals surface area contributed by atoms with Crippen molar-refractivity contribution in [2.75, 3.05) is 31.2 Å². The van der Waals surface area contributed by atoms with Crippen LogP contribution in [0.4, 0.5) is 5.95 Å². The molecule has 0 radical (unpaired) electrons. The van der Waals surface area contributed by atoms with Crippen molar-refractivity contribution in [1.82, 2.24) is 20.1 Å². The number of benzene rings is 1. The Morgan fingerprint density at radius 1 is 1.29 bits per heavy atom. The van der Waals surface area contributed by atoms with Gasteiger partial charge in [-0.05, 0) is 37.8 Å². The molecule has 1 atom stereocenters. The van der Waals surface area contributed by atoms with E-state index in [2.05, 4.69) is 50.1 Å². The average Bonchev–Trinajstić information content (AvgIpc) is 3.45. The maximum Gasteiger partial charge on any atom is 0.233 e. The summed E-state index contributed by atoms with van der Waals surface area (Å²) in [6.07, 6.45) is 3.09. The quantitative estimate of drug-likeness (QED) is 0.719. The lowest BCUT2D eigenvalue weighted by Crippen LogP contribution is -2.38. The third-order valence-corrected chi connectivity index (χ3v) is 6.14. The van der Waals surface area contributed by atoms with E-state index >= 15 is 0 Å². The molecule has 8 heteroatoms. The maximum absolute atomic E-state index is 12.5. The van der Waals surface area contributed by atoms with Crippen LogP contribution in [0.5, 0.6) is 0 Å². The van der Waals surface area contributed by atoms with E-state index in [9.17, 15) is 4.79 Å². The zero-order chi connectivity index (χ0) is 19.5. The Balaban J connectivity index is 1.67. The molecule has 2 aliphatic rings. The first-order valence-electron chi connectivity index (χ1n) is 10.0. The van der Waals surface area contributed by atoms with Crippen LogP contribution in [0.25, 0.3) is 5.69 Å². The molecule has 2 fully saturated rings. The van der Waals surface area contributed by atoms with Crippen LogP contribution in [0, 0.1) is 0 Å². The molecule has 1 saturated heterocycles. The largest absolute Gasteiger partial charge is 0.378 e. The fraction of sp³-hybridized carbons (Fsp3) is 0.550. The van der Waals surface area contributed by atoms with Gasteiger partial charge in [0.25, 0.3) is 0 Å². The number of aryl methyl sites for hydroxylation is 1. The smallest absolute Gasteiger partial charge is 0.233 e. The zero-order valence-corrected chi connectivity index (χ0v) is 17.2. The minimum Gasteiger partial charge on any atom is -0.378 e. The molecule has 150 valence electrons. The summed E-state index contributed by atoms with van der Waals surface area (Å²) in [7, 11) is 0. The second-order valence-corrected chi connectivity index (χ2v) is 8.55. The van der Waals surface area contributed by atoms with Crippen LogP contribution in [-0.2, 0) is 16.0 Å². The molecular weight excluding hydrogens is 374 g/mol. The van der Waals surface area contributed by atoms with E-state index < -0.39 is 0 Å². The third kappa shape index (κ3) is 4.17. The van der Waals surface area contributed by atoms with Crippen molar-refractivity contribution in [1.29, 1.82) is 0 Å². The zero-order valence-electron chi connectivity index (χ0n) is 16.4. The molecule has 2 heterocycles. The Kier molecular flexibility index (Phi) is 5.87. The van der Waals surface area contributed by atoms with Crippen LogP contribution in [0.2, 0.25) is 0 Å². The van der Waals surface area contributed by atoms with Crippen molar-refractivity contribution in [2.45, 2.75) is 49.6 Å². The Morgan fingerprint density at radius 2 is 2.04 bits per heavy atom. The van der Waals surface area contributed by atoms with E-state index in [0.717, 1.165) is 49.1 Å². The Morgan fingerprint density at radius 3 is 2.75 bits per heavy atom. The number of aromatic nitrogens is 3. The monoisotopic (exact) mass is 401 g/mol. The van der Waals surface area contributed by atoms with Gasteiger partial charge in [-0.25, -0.2) is 0 Å². The summed E-state index contributed by atoms with van der Waals surface area (Å²) in [5.74, 6) is 0.889. The van der Waals surface area contributed by atoms with Crippen LogP contribution in [0.1, 0.15) is 32.3 Å². The van der Waals surface area contributed by atoms with Gasteiger partial charge >= 0.3 is 0 Å². The molecule has 28 heavy (non-hydrogen) atoms. The molecule has 0 bridgehead atoms. The van der Waals surface area contributed by atoms with E-state index in [1.54, 1.807) is 0 Å². The van der Waals surface area contributed by atoms with E-state index in [4.69, 9.17) is 4.74 Å². The SMILES string of the molecule is CCc1ccccc1-n1c(S[C@@H](C)C(=O)NC2CC2)nnc1N1CCOCC1. The molecular formula is C20H27N5O2S. The number of rotatable bonds is 7. The number of hydrogen-bond donors (Lipinski definition) is 1. The van der Waals surface area contributed by atoms with Gasteiger partial charge in [0.15, 0.2) is 5.16 Å². The lowest BCUT2D eigenvalue weighted by molar-refractivity contribution is -0.120. The van der Waals surface area contributed by atoms with Gasteiger partial charge in [-0.1, -0.05) is 36.9 Å². The molecule has 4 rings (SSSR count). The Labute approximate surface area is 169 Å². The summed E-state index contributed by atoms with van der Waals surface area (Å²) in [6.45, 7) is 7.02. The predicted octanol–water partition coefficient (Wildman–Crippen LogP) is 2.43. The van der Waals surface area contributed by atoms with E-state index in [1.807, 2.05) is 13.0 Å². The van der Waals surface area contributed by atoms with Crippen molar-refractivity contribution in [3.8, 4) is 5.69 Å². The fourth-order valence-corrected chi connectivity index (χ4v) is 4.17. The van der Waals surface area contributed by atoms with Gasteiger partial charge in [-0.3, -0.25) is 9.36 Å². The minimum atomic E-state index is -0.227. The highest BCUT2D eigenvalue weighted by Crippen LogP contribution is 2.31. The number of hydrogen-bond acceptors (Lipinski definition) is 6. The standard InChI is InChI=1S/C20H27N5O2S/c1-3-15-6-4-5-7-17(15)25-19(24-10-12-27-13-11-24)22-23-20(25)28-14(2)18(26)21-16-8-9-16/h4-7,14,16H,3,8-13H2,1-2H3,(H,21,26)/t14-/m0/s1. The molecule has 1 N–H and O–H groups in total. The van der Waals surface area contributed by atoms with Crippen molar-refractivity contribution in [3.05, 3.63) is 29.8 Å². The first-order valence-corrected chi connectivity index (χ1v) is 10.9. The highest BCUT2D eigenvalue weighted by atomic mass is 32.2. The number of para-hydroxylation sites is 1. The molecule has 7 nitrogen and oxygen atoms in total. The summed E-state index contributed by atoms with van der Waals surface area (Å²) in [6, 6.07) is 8.69. The fourth-order valence-electron chi connectivity index (χ4n) is 3.30. The lowest BCUT2D eigenvalue weighted by atomic mass is 10.1. The second-order valence-electron chi connectivity index (χ2n) is 7.24. The van der Waals surface area contributed by atoms with Crippen molar-refractivity contribution >= 4 is 23.6 Å². The molecule has 1 saturated carbocycles. The maximum atomic E-state index is 12.5. The highest BCUT2D eigenvalue weighted by Gasteiger charge is 2.29. The summed E-state index contributed by atoms with van der Waals surface area (Å²) in [4.78, 5) is 14.7. The summed E-state index contributed by atoms with van der Waals surface area (Å²) >= 11 is 1.47. The normalized spacial score (nSPS) is 18.1. The van der Waals surface area contributed by atoms with Crippen molar-refractivity contribution < 1.29 is 9.53 Å². The molecule has 0 spiro atoms. The second kappa shape index (κ2) is 8.53. The number of morpholine rings is 1. The Hall–Kier alpha value is -2.06. The van der Waals surface area contributed by atoms with Gasteiger partial charge < -0.3 is 15.0 Å². The van der Waals surface area contributed by atoms with Crippen LogP contribution in [0.3, 0.4) is 0 Å². The van der Waals surface area contributed by atoms with E-state index in [-0.39, 0.29) is 11.2 Å². The summed E-state index contributed by atoms with van der Waals surface area (Å²) in [5, 5.41) is 12.6. The topological polar surface area (TPSA) is 72.3 Å². The van der Waals surface area contributed by atoms with Gasteiger partial charge in [0.1, 0.15) is 0 Å². The summed E-state index contributed by atoms with van der Waals surface area (Å²) < 4.78 is 7.61. The van der Waals surface area contributed by atoms with Crippen molar-refractivity contribution in [2.24, 2.45) is 0 Å². The van der Waals surface area contributed by atoms with Gasteiger partial charge in [0.05, 0.1) is 24.2 Å². The molecule has 2 aromatic rings. The number of carbonyl (C=O) groups is 1. The third-order valence-electron chi connectivity index (χ3n) is 5.10. The van der Waals surface area contributed by atoms with E-state index in [0.29, 0.717) is 19.3 Å². The number of thioether (sulfide) groups is 1. The first kappa shape index (κ1) is 19.3. The number of carbonyl (C=O) groups excluding carboxylic acids is 1. The number of ether oxygens (including phenoxy) is 1. The Bertz CT molecular complexity index is 830. The molecule has 1 amide bonds. The molecule has 1 aromatic heterocycles. The van der Waals surface area contributed by atoms with Crippen LogP contribution in [-0.4, -0.2) is 58.3 Å². The van der Waals surface area contributed by atoms with Gasteiger partial charge in [-0.15, -0.1) is 10.2 Å². The van der Waals surface area contributed by atoms with Crippen LogP contribution < -0.4 is 10.2 Å². The number of amides is 1. The molecule has 0 unspecified atom stereocenters.